The molecule has 0 N–H and O–H groups in total. The van der Waals surface area contributed by atoms with E-state index < -0.39 is 31.7 Å². The summed E-state index contributed by atoms with van der Waals surface area (Å²) in [4.78, 5) is -0.630. The van der Waals surface area contributed by atoms with Crippen LogP contribution in [0.5, 0.6) is 0 Å². The van der Waals surface area contributed by atoms with Gasteiger partial charge in [-0.1, -0.05) is 28.8 Å². The molecule has 140 valence electrons. The Labute approximate surface area is 154 Å². The highest BCUT2D eigenvalue weighted by atomic mass is 79.9. The summed E-state index contributed by atoms with van der Waals surface area (Å²) >= 11 is 2.98. The number of alkyl halides is 3. The maximum absolute atomic E-state index is 13.3. The minimum Gasteiger partial charge on any atom is -0.375 e. The first-order valence-corrected chi connectivity index (χ1v) is 10.8. The molecule has 3 rings (SSSR count). The molecule has 3 nitrogen and oxygen atoms in total. The van der Waals surface area contributed by atoms with Crippen molar-refractivity contribution in [2.45, 2.75) is 73.5 Å². The van der Waals surface area contributed by atoms with Gasteiger partial charge >= 0.3 is 6.18 Å². The van der Waals surface area contributed by atoms with Gasteiger partial charge in [-0.2, -0.15) is 13.2 Å². The molecule has 0 saturated heterocycles. The smallest absolute Gasteiger partial charge is 0.375 e. The topological polar surface area (TPSA) is 43.4 Å². The second kappa shape index (κ2) is 7.19. The van der Waals surface area contributed by atoms with Gasteiger partial charge in [0.05, 0.1) is 27.9 Å². The molecule has 0 amide bonds. The van der Waals surface area contributed by atoms with Gasteiger partial charge in [0, 0.05) is 4.47 Å². The zero-order valence-corrected chi connectivity index (χ0v) is 16.0. The molecular formula is C17H20BrF3O3S. The number of benzene rings is 1. The van der Waals surface area contributed by atoms with Gasteiger partial charge in [0.15, 0.2) is 9.84 Å². The molecule has 0 spiro atoms. The molecule has 2 aliphatic carbocycles. The van der Waals surface area contributed by atoms with E-state index >= 15 is 0 Å². The van der Waals surface area contributed by atoms with Crippen molar-refractivity contribution in [3.8, 4) is 0 Å². The number of ether oxygens (including phenoxy) is 1. The Bertz CT molecular complexity index is 727. The van der Waals surface area contributed by atoms with Crippen LogP contribution in [0.4, 0.5) is 13.2 Å². The average molecular weight is 441 g/mol. The molecule has 0 bridgehead atoms. The second-order valence-electron chi connectivity index (χ2n) is 6.78. The Morgan fingerprint density at radius 2 is 1.72 bits per heavy atom. The Kier molecular flexibility index (Phi) is 5.52. The molecule has 2 saturated carbocycles. The minimum atomic E-state index is -4.72. The van der Waals surface area contributed by atoms with Gasteiger partial charge in [-0.3, -0.25) is 0 Å². The lowest BCUT2D eigenvalue weighted by atomic mass is 10.2. The van der Waals surface area contributed by atoms with Crippen LogP contribution >= 0.6 is 15.9 Å². The van der Waals surface area contributed by atoms with E-state index in [1.165, 1.54) is 6.07 Å². The Balaban J connectivity index is 1.80. The fourth-order valence-electron chi connectivity index (χ4n) is 3.75. The molecule has 2 atom stereocenters. The summed E-state index contributed by atoms with van der Waals surface area (Å²) < 4.78 is 71.7. The zero-order chi connectivity index (χ0) is 18.2. The third-order valence-corrected chi connectivity index (χ3v) is 7.78. The molecule has 25 heavy (non-hydrogen) atoms. The SMILES string of the molecule is O=S(=O)(c1ccc(Br)cc1C(F)(F)F)C1CCC(OC2CCCC2)C1. The van der Waals surface area contributed by atoms with Crippen molar-refractivity contribution in [2.24, 2.45) is 0 Å². The molecule has 0 radical (unpaired) electrons. The summed E-state index contributed by atoms with van der Waals surface area (Å²) in [6.07, 6.45) is 0.678. The lowest BCUT2D eigenvalue weighted by molar-refractivity contribution is -0.139. The van der Waals surface area contributed by atoms with Gasteiger partial charge in [0.2, 0.25) is 0 Å². The van der Waals surface area contributed by atoms with Crippen LogP contribution in [0.2, 0.25) is 0 Å². The average Bonchev–Trinajstić information content (AvgIpc) is 3.18. The monoisotopic (exact) mass is 440 g/mol. The van der Waals surface area contributed by atoms with Crippen LogP contribution in [0.1, 0.15) is 50.5 Å². The van der Waals surface area contributed by atoms with E-state index in [-0.39, 0.29) is 23.1 Å². The highest BCUT2D eigenvalue weighted by Gasteiger charge is 2.42. The van der Waals surface area contributed by atoms with Crippen LogP contribution in [0.3, 0.4) is 0 Å². The molecule has 0 heterocycles. The first-order chi connectivity index (χ1) is 11.7. The van der Waals surface area contributed by atoms with Crippen molar-refractivity contribution in [3.63, 3.8) is 0 Å². The summed E-state index contributed by atoms with van der Waals surface area (Å²) in [7, 11) is -4.06. The van der Waals surface area contributed by atoms with Gasteiger partial charge in [-0.05, 0) is 50.3 Å². The normalized spacial score (nSPS) is 25.6. The first kappa shape index (κ1) is 19.2. The quantitative estimate of drug-likeness (QED) is 0.652. The maximum atomic E-state index is 13.3. The van der Waals surface area contributed by atoms with E-state index in [1.54, 1.807) is 0 Å². The van der Waals surface area contributed by atoms with Crippen LogP contribution in [0.25, 0.3) is 0 Å². The van der Waals surface area contributed by atoms with Gasteiger partial charge in [-0.25, -0.2) is 8.42 Å². The zero-order valence-electron chi connectivity index (χ0n) is 13.6. The Morgan fingerprint density at radius 1 is 1.04 bits per heavy atom. The van der Waals surface area contributed by atoms with Crippen molar-refractivity contribution in [2.75, 3.05) is 0 Å². The van der Waals surface area contributed by atoms with Crippen LogP contribution in [-0.4, -0.2) is 25.9 Å². The maximum Gasteiger partial charge on any atom is 0.417 e. The summed E-state index contributed by atoms with van der Waals surface area (Å²) in [6, 6.07) is 3.21. The lowest BCUT2D eigenvalue weighted by Gasteiger charge is -2.19. The molecule has 0 aliphatic heterocycles. The number of hydrogen-bond acceptors (Lipinski definition) is 3. The fourth-order valence-corrected chi connectivity index (χ4v) is 6.13. The van der Waals surface area contributed by atoms with E-state index in [4.69, 9.17) is 4.74 Å². The predicted molar refractivity (Wildman–Crippen MR) is 91.1 cm³/mol. The molecule has 1 aromatic carbocycles. The van der Waals surface area contributed by atoms with E-state index in [0.29, 0.717) is 12.8 Å². The molecule has 2 fully saturated rings. The summed E-state index contributed by atoms with van der Waals surface area (Å²) in [6.45, 7) is 0. The fraction of sp³-hybridized carbons (Fsp3) is 0.647. The van der Waals surface area contributed by atoms with Crippen molar-refractivity contribution in [1.29, 1.82) is 0 Å². The standard InChI is InChI=1S/C17H20BrF3O3S/c18-11-5-8-16(15(9-11)17(19,20)21)25(22,23)14-7-6-13(10-14)24-12-3-1-2-4-12/h5,8-9,12-14H,1-4,6-7,10H2. The number of sulfone groups is 1. The van der Waals surface area contributed by atoms with E-state index in [1.807, 2.05) is 0 Å². The van der Waals surface area contributed by atoms with Crippen molar-refractivity contribution < 1.29 is 26.3 Å². The van der Waals surface area contributed by atoms with E-state index in [0.717, 1.165) is 37.8 Å². The summed E-state index contributed by atoms with van der Waals surface area (Å²) in [5.41, 5.74) is -1.11. The summed E-state index contributed by atoms with van der Waals surface area (Å²) in [5, 5.41) is -0.818. The predicted octanol–water partition coefficient (Wildman–Crippen LogP) is 5.12. The van der Waals surface area contributed by atoms with Crippen LogP contribution in [-0.2, 0) is 20.8 Å². The van der Waals surface area contributed by atoms with Crippen molar-refractivity contribution in [3.05, 3.63) is 28.2 Å². The van der Waals surface area contributed by atoms with Gasteiger partial charge < -0.3 is 4.74 Å². The highest BCUT2D eigenvalue weighted by Crippen LogP contribution is 2.40. The summed E-state index contributed by atoms with van der Waals surface area (Å²) in [5.74, 6) is 0. The molecule has 0 aromatic heterocycles. The molecule has 8 heteroatoms. The van der Waals surface area contributed by atoms with Crippen molar-refractivity contribution >= 4 is 25.8 Å². The molecule has 2 aliphatic rings. The number of halogens is 4. The van der Waals surface area contributed by atoms with Gasteiger partial charge in [-0.15, -0.1) is 0 Å². The molecular weight excluding hydrogens is 421 g/mol. The van der Waals surface area contributed by atoms with Gasteiger partial charge in [0.1, 0.15) is 0 Å². The molecule has 1 aromatic rings. The Morgan fingerprint density at radius 3 is 2.36 bits per heavy atom. The van der Waals surface area contributed by atoms with Crippen LogP contribution in [0.15, 0.2) is 27.6 Å². The first-order valence-electron chi connectivity index (χ1n) is 8.44. The van der Waals surface area contributed by atoms with E-state index in [2.05, 4.69) is 15.9 Å². The van der Waals surface area contributed by atoms with Crippen LogP contribution < -0.4 is 0 Å². The number of hydrogen-bond donors (Lipinski definition) is 0. The van der Waals surface area contributed by atoms with Gasteiger partial charge in [0.25, 0.3) is 0 Å². The number of rotatable bonds is 4. The third kappa shape index (κ3) is 4.22. The van der Waals surface area contributed by atoms with E-state index in [9.17, 15) is 21.6 Å². The van der Waals surface area contributed by atoms with Crippen LogP contribution in [0, 0.1) is 0 Å². The Hall–Kier alpha value is -0.600. The lowest BCUT2D eigenvalue weighted by Crippen LogP contribution is -2.24. The minimum absolute atomic E-state index is 0.171. The van der Waals surface area contributed by atoms with Crippen molar-refractivity contribution in [1.82, 2.24) is 0 Å². The largest absolute Gasteiger partial charge is 0.417 e. The second-order valence-corrected chi connectivity index (χ2v) is 9.90. The molecule has 2 unspecified atom stereocenters. The highest BCUT2D eigenvalue weighted by molar-refractivity contribution is 9.10. The third-order valence-electron chi connectivity index (χ3n) is 5.02.